The van der Waals surface area contributed by atoms with Crippen molar-refractivity contribution in [2.45, 2.75) is 46.0 Å². The molecule has 1 aromatic carbocycles. The van der Waals surface area contributed by atoms with E-state index in [-0.39, 0.29) is 24.2 Å². The van der Waals surface area contributed by atoms with Gasteiger partial charge < -0.3 is 15.2 Å². The van der Waals surface area contributed by atoms with E-state index in [0.29, 0.717) is 13.2 Å². The third-order valence-electron chi connectivity index (χ3n) is 3.19. The number of carboxylic acid groups (broad SMARTS) is 1. The number of amides is 1. The van der Waals surface area contributed by atoms with Crippen LogP contribution in [0.2, 0.25) is 0 Å². The summed E-state index contributed by atoms with van der Waals surface area (Å²) in [6.07, 6.45) is -0.161. The second-order valence-corrected chi connectivity index (χ2v) is 6.34. The summed E-state index contributed by atoms with van der Waals surface area (Å²) in [6.45, 7) is 9.09. The van der Waals surface area contributed by atoms with Gasteiger partial charge in [0.05, 0.1) is 13.0 Å². The minimum atomic E-state index is -0.971. The van der Waals surface area contributed by atoms with Crippen LogP contribution in [0.25, 0.3) is 0 Å². The van der Waals surface area contributed by atoms with Crippen LogP contribution >= 0.6 is 0 Å². The van der Waals surface area contributed by atoms with Crippen molar-refractivity contribution in [3.8, 4) is 5.75 Å². The predicted molar refractivity (Wildman–Crippen MR) is 85.3 cm³/mol. The van der Waals surface area contributed by atoms with Crippen LogP contribution in [0.4, 0.5) is 0 Å². The fraction of sp³-hybridized carbons (Fsp3) is 0.529. The molecule has 0 radical (unpaired) electrons. The molecule has 0 aromatic heterocycles. The topological polar surface area (TPSA) is 75.6 Å². The van der Waals surface area contributed by atoms with E-state index in [2.05, 4.69) is 38.2 Å². The Labute approximate surface area is 131 Å². The van der Waals surface area contributed by atoms with E-state index in [1.807, 2.05) is 13.0 Å². The highest BCUT2D eigenvalue weighted by Crippen LogP contribution is 2.31. The van der Waals surface area contributed by atoms with Gasteiger partial charge in [0.25, 0.3) is 0 Å². The summed E-state index contributed by atoms with van der Waals surface area (Å²) < 4.78 is 5.79. The van der Waals surface area contributed by atoms with Gasteiger partial charge in [-0.05, 0) is 29.5 Å². The van der Waals surface area contributed by atoms with E-state index in [4.69, 9.17) is 9.84 Å². The first kappa shape index (κ1) is 18.0. The van der Waals surface area contributed by atoms with E-state index >= 15 is 0 Å². The summed E-state index contributed by atoms with van der Waals surface area (Å²) in [7, 11) is 0. The Bertz CT molecular complexity index is 532. The molecule has 0 aliphatic heterocycles. The minimum absolute atomic E-state index is 0.00693. The Kier molecular flexibility index (Phi) is 6.40. The fourth-order valence-electron chi connectivity index (χ4n) is 2.03. The fourth-order valence-corrected chi connectivity index (χ4v) is 2.03. The lowest BCUT2D eigenvalue weighted by Gasteiger charge is -2.23. The van der Waals surface area contributed by atoms with Crippen LogP contribution in [0.1, 0.15) is 44.7 Å². The number of aliphatic carboxylic acids is 1. The molecule has 0 saturated heterocycles. The van der Waals surface area contributed by atoms with Crippen LogP contribution in [-0.2, 0) is 15.0 Å². The molecular formula is C17H25NO4. The van der Waals surface area contributed by atoms with Gasteiger partial charge in [0.15, 0.2) is 0 Å². The van der Waals surface area contributed by atoms with Crippen molar-refractivity contribution in [1.29, 1.82) is 0 Å². The Hall–Kier alpha value is -2.04. The van der Waals surface area contributed by atoms with Gasteiger partial charge in [0.1, 0.15) is 12.4 Å². The van der Waals surface area contributed by atoms with Crippen molar-refractivity contribution in [3.63, 3.8) is 0 Å². The monoisotopic (exact) mass is 307 g/mol. The number of carbonyl (C=O) groups excluding carboxylic acids is 1. The van der Waals surface area contributed by atoms with Crippen LogP contribution in [-0.4, -0.2) is 30.1 Å². The number of ether oxygens (including phenoxy) is 1. The van der Waals surface area contributed by atoms with Gasteiger partial charge in [0.2, 0.25) is 5.91 Å². The summed E-state index contributed by atoms with van der Waals surface area (Å²) in [4.78, 5) is 21.8. The molecule has 0 unspecified atom stereocenters. The Balaban J connectivity index is 2.50. The lowest BCUT2D eigenvalue weighted by Crippen LogP contribution is -2.28. The number of benzene rings is 1. The molecule has 5 heteroatoms. The van der Waals surface area contributed by atoms with Gasteiger partial charge in [-0.25, -0.2) is 0 Å². The average Bonchev–Trinajstić information content (AvgIpc) is 2.40. The van der Waals surface area contributed by atoms with Crippen molar-refractivity contribution < 1.29 is 19.4 Å². The highest BCUT2D eigenvalue weighted by molar-refractivity contribution is 5.80. The number of rotatable bonds is 7. The zero-order valence-electron chi connectivity index (χ0n) is 13.7. The number of aryl methyl sites for hydroxylation is 1. The molecule has 5 nitrogen and oxygen atoms in total. The van der Waals surface area contributed by atoms with Gasteiger partial charge in [-0.3, -0.25) is 9.59 Å². The molecule has 0 atom stereocenters. The Morgan fingerprint density at radius 2 is 1.91 bits per heavy atom. The molecule has 2 N–H and O–H groups in total. The second-order valence-electron chi connectivity index (χ2n) is 6.34. The van der Waals surface area contributed by atoms with Gasteiger partial charge in [-0.15, -0.1) is 0 Å². The first-order valence-corrected chi connectivity index (χ1v) is 7.42. The maximum atomic E-state index is 11.4. The maximum Gasteiger partial charge on any atom is 0.303 e. The number of hydrogen-bond donors (Lipinski definition) is 2. The van der Waals surface area contributed by atoms with Crippen molar-refractivity contribution in [2.24, 2.45) is 0 Å². The summed E-state index contributed by atoms with van der Waals surface area (Å²) >= 11 is 0. The highest BCUT2D eigenvalue weighted by atomic mass is 16.5. The van der Waals surface area contributed by atoms with Crippen molar-refractivity contribution in [1.82, 2.24) is 5.32 Å². The predicted octanol–water partition coefficient (Wildman–Crippen LogP) is 2.65. The first-order chi connectivity index (χ1) is 10.2. The first-order valence-electron chi connectivity index (χ1n) is 7.42. The third-order valence-corrected chi connectivity index (χ3v) is 3.19. The largest absolute Gasteiger partial charge is 0.491 e. The molecule has 1 aromatic rings. The van der Waals surface area contributed by atoms with Crippen LogP contribution < -0.4 is 10.1 Å². The third kappa shape index (κ3) is 6.16. The van der Waals surface area contributed by atoms with Crippen LogP contribution in [0.5, 0.6) is 5.75 Å². The van der Waals surface area contributed by atoms with E-state index < -0.39 is 5.97 Å². The number of hydrogen-bond acceptors (Lipinski definition) is 3. The molecule has 0 aliphatic rings. The molecule has 0 bridgehead atoms. The van der Waals surface area contributed by atoms with Crippen molar-refractivity contribution >= 4 is 11.9 Å². The highest BCUT2D eigenvalue weighted by Gasteiger charge is 2.18. The molecule has 0 saturated carbocycles. The Morgan fingerprint density at radius 1 is 1.23 bits per heavy atom. The quantitative estimate of drug-likeness (QED) is 0.759. The molecule has 0 heterocycles. The second kappa shape index (κ2) is 7.82. The van der Waals surface area contributed by atoms with Gasteiger partial charge in [0, 0.05) is 6.42 Å². The van der Waals surface area contributed by atoms with Crippen molar-refractivity contribution in [3.05, 3.63) is 29.3 Å². The standard InChI is InChI=1S/C17H25NO4/c1-12-5-6-13(17(2,3)4)14(11-12)22-10-9-18-15(19)7-8-16(20)21/h5-6,11H,7-10H2,1-4H3,(H,18,19)(H,20,21). The zero-order valence-corrected chi connectivity index (χ0v) is 13.7. The normalized spacial score (nSPS) is 11.1. The number of carbonyl (C=O) groups is 2. The van der Waals surface area contributed by atoms with Gasteiger partial charge in [-0.2, -0.15) is 0 Å². The van der Waals surface area contributed by atoms with E-state index in [9.17, 15) is 9.59 Å². The molecular weight excluding hydrogens is 282 g/mol. The van der Waals surface area contributed by atoms with Crippen LogP contribution in [0.15, 0.2) is 18.2 Å². The van der Waals surface area contributed by atoms with E-state index in [0.717, 1.165) is 16.9 Å². The summed E-state index contributed by atoms with van der Waals surface area (Å²) in [5.74, 6) is -0.417. The molecule has 0 fully saturated rings. The molecule has 22 heavy (non-hydrogen) atoms. The lowest BCUT2D eigenvalue weighted by molar-refractivity contribution is -0.138. The average molecular weight is 307 g/mol. The maximum absolute atomic E-state index is 11.4. The molecule has 0 spiro atoms. The van der Waals surface area contributed by atoms with Gasteiger partial charge >= 0.3 is 5.97 Å². The van der Waals surface area contributed by atoms with Crippen LogP contribution in [0.3, 0.4) is 0 Å². The Morgan fingerprint density at radius 3 is 2.50 bits per heavy atom. The number of nitrogens with one attached hydrogen (secondary N) is 1. The number of carboxylic acids is 1. The lowest BCUT2D eigenvalue weighted by atomic mass is 9.86. The van der Waals surface area contributed by atoms with Crippen molar-refractivity contribution in [2.75, 3.05) is 13.2 Å². The summed E-state index contributed by atoms with van der Waals surface area (Å²) in [5.41, 5.74) is 2.22. The molecule has 0 aliphatic carbocycles. The molecule has 122 valence electrons. The van der Waals surface area contributed by atoms with E-state index in [1.54, 1.807) is 0 Å². The van der Waals surface area contributed by atoms with Crippen LogP contribution in [0, 0.1) is 6.92 Å². The smallest absolute Gasteiger partial charge is 0.303 e. The molecule has 1 amide bonds. The SMILES string of the molecule is Cc1ccc(C(C)(C)C)c(OCCNC(=O)CCC(=O)O)c1. The summed E-state index contributed by atoms with van der Waals surface area (Å²) in [6, 6.07) is 6.12. The summed E-state index contributed by atoms with van der Waals surface area (Å²) in [5, 5.41) is 11.2. The minimum Gasteiger partial charge on any atom is -0.491 e. The molecule has 1 rings (SSSR count). The van der Waals surface area contributed by atoms with E-state index in [1.165, 1.54) is 0 Å². The van der Waals surface area contributed by atoms with Gasteiger partial charge in [-0.1, -0.05) is 32.9 Å². The zero-order chi connectivity index (χ0) is 16.8.